The van der Waals surface area contributed by atoms with Crippen molar-refractivity contribution in [2.24, 2.45) is 0 Å². The van der Waals surface area contributed by atoms with Crippen LogP contribution in [0.1, 0.15) is 24.1 Å². The number of rotatable bonds is 5. The number of halogens is 2. The second kappa shape index (κ2) is 6.95. The number of nitrogens with one attached hydrogen (secondary N) is 1. The minimum absolute atomic E-state index is 0.324. The van der Waals surface area contributed by atoms with Crippen molar-refractivity contribution in [1.82, 2.24) is 5.32 Å². The third kappa shape index (κ3) is 4.54. The van der Waals surface area contributed by atoms with Crippen LogP contribution in [0.3, 0.4) is 0 Å². The van der Waals surface area contributed by atoms with Crippen molar-refractivity contribution in [2.75, 3.05) is 6.54 Å². The molecule has 0 aromatic heterocycles. The van der Waals surface area contributed by atoms with Gasteiger partial charge in [-0.05, 0) is 55.3 Å². The fourth-order valence-corrected chi connectivity index (χ4v) is 2.21. The molecule has 0 aliphatic carbocycles. The van der Waals surface area contributed by atoms with E-state index < -0.39 is 0 Å². The molecule has 1 N–H and O–H groups in total. The highest BCUT2D eigenvalue weighted by Crippen LogP contribution is 2.16. The van der Waals surface area contributed by atoms with Crippen molar-refractivity contribution in [3.63, 3.8) is 0 Å². The fourth-order valence-electron chi connectivity index (χ4n) is 1.95. The van der Waals surface area contributed by atoms with E-state index in [1.165, 1.54) is 11.1 Å². The summed E-state index contributed by atoms with van der Waals surface area (Å²) in [6.07, 6.45) is 0.995. The van der Waals surface area contributed by atoms with Crippen molar-refractivity contribution in [3.8, 4) is 0 Å². The Labute approximate surface area is 124 Å². The normalized spacial score (nSPS) is 12.4. The first-order valence-electron chi connectivity index (χ1n) is 6.38. The van der Waals surface area contributed by atoms with Crippen LogP contribution in [0, 0.1) is 0 Å². The van der Waals surface area contributed by atoms with Crippen molar-refractivity contribution >= 4 is 23.2 Å². The minimum Gasteiger partial charge on any atom is -0.310 e. The number of hydrogen-bond donors (Lipinski definition) is 1. The molecule has 0 aliphatic rings. The van der Waals surface area contributed by atoms with Gasteiger partial charge in [0.15, 0.2) is 0 Å². The van der Waals surface area contributed by atoms with E-state index in [9.17, 15) is 0 Å². The zero-order valence-electron chi connectivity index (χ0n) is 10.9. The van der Waals surface area contributed by atoms with Crippen LogP contribution in [-0.2, 0) is 6.42 Å². The summed E-state index contributed by atoms with van der Waals surface area (Å²) in [6, 6.07) is 16.3. The minimum atomic E-state index is 0.324. The predicted molar refractivity (Wildman–Crippen MR) is 83.0 cm³/mol. The van der Waals surface area contributed by atoms with Gasteiger partial charge >= 0.3 is 0 Å². The molecule has 0 fully saturated rings. The molecule has 0 radical (unpaired) electrons. The van der Waals surface area contributed by atoms with Crippen molar-refractivity contribution in [1.29, 1.82) is 0 Å². The lowest BCUT2D eigenvalue weighted by molar-refractivity contribution is 0.577. The summed E-state index contributed by atoms with van der Waals surface area (Å²) < 4.78 is 0. The van der Waals surface area contributed by atoms with Gasteiger partial charge in [-0.25, -0.2) is 0 Å². The van der Waals surface area contributed by atoms with Crippen LogP contribution in [-0.4, -0.2) is 6.54 Å². The van der Waals surface area contributed by atoms with Gasteiger partial charge in [-0.1, -0.05) is 47.5 Å². The summed E-state index contributed by atoms with van der Waals surface area (Å²) in [7, 11) is 0. The Morgan fingerprint density at radius 3 is 2.00 bits per heavy atom. The molecule has 0 aliphatic heterocycles. The molecular weight excluding hydrogens is 277 g/mol. The van der Waals surface area contributed by atoms with E-state index in [4.69, 9.17) is 23.2 Å². The molecule has 0 saturated carbocycles. The quantitative estimate of drug-likeness (QED) is 0.828. The van der Waals surface area contributed by atoms with Gasteiger partial charge in [0.2, 0.25) is 0 Å². The molecule has 0 bridgehead atoms. The summed E-state index contributed by atoms with van der Waals surface area (Å²) in [6.45, 7) is 3.09. The van der Waals surface area contributed by atoms with Gasteiger partial charge in [0.05, 0.1) is 0 Å². The molecule has 0 amide bonds. The predicted octanol–water partition coefficient (Wildman–Crippen LogP) is 4.89. The second-order valence-electron chi connectivity index (χ2n) is 4.60. The first-order chi connectivity index (χ1) is 9.15. The van der Waals surface area contributed by atoms with Crippen molar-refractivity contribution in [3.05, 3.63) is 69.7 Å². The smallest absolute Gasteiger partial charge is 0.0406 e. The Bertz CT molecular complexity index is 505. The average molecular weight is 294 g/mol. The molecule has 1 nitrogen and oxygen atoms in total. The molecule has 2 aromatic rings. The van der Waals surface area contributed by atoms with Crippen LogP contribution >= 0.6 is 23.2 Å². The highest BCUT2D eigenvalue weighted by atomic mass is 35.5. The molecule has 0 heterocycles. The Morgan fingerprint density at radius 2 is 1.42 bits per heavy atom. The monoisotopic (exact) mass is 293 g/mol. The van der Waals surface area contributed by atoms with Gasteiger partial charge in [-0.15, -0.1) is 0 Å². The lowest BCUT2D eigenvalue weighted by Crippen LogP contribution is -2.21. The van der Waals surface area contributed by atoms with Gasteiger partial charge < -0.3 is 5.32 Å². The van der Waals surface area contributed by atoms with E-state index in [0.717, 1.165) is 23.0 Å². The van der Waals surface area contributed by atoms with Gasteiger partial charge in [0.1, 0.15) is 0 Å². The van der Waals surface area contributed by atoms with Crippen molar-refractivity contribution < 1.29 is 0 Å². The van der Waals surface area contributed by atoms with Crippen LogP contribution in [0.15, 0.2) is 48.5 Å². The van der Waals surface area contributed by atoms with Crippen LogP contribution in [0.25, 0.3) is 0 Å². The molecule has 2 aromatic carbocycles. The lowest BCUT2D eigenvalue weighted by Gasteiger charge is -2.14. The van der Waals surface area contributed by atoms with E-state index in [2.05, 4.69) is 36.5 Å². The van der Waals surface area contributed by atoms with Crippen LogP contribution in [0.4, 0.5) is 0 Å². The van der Waals surface area contributed by atoms with E-state index >= 15 is 0 Å². The molecule has 1 atom stereocenters. The van der Waals surface area contributed by atoms with Gasteiger partial charge in [0, 0.05) is 16.1 Å². The first kappa shape index (κ1) is 14.4. The SMILES string of the molecule is CC(NCCc1ccc(Cl)cc1)c1ccc(Cl)cc1. The maximum Gasteiger partial charge on any atom is 0.0406 e. The van der Waals surface area contributed by atoms with Crippen LogP contribution in [0.2, 0.25) is 10.0 Å². The summed E-state index contributed by atoms with van der Waals surface area (Å²) >= 11 is 11.7. The topological polar surface area (TPSA) is 12.0 Å². The molecular formula is C16H17Cl2N. The summed E-state index contributed by atoms with van der Waals surface area (Å²) in [5, 5.41) is 5.06. The molecule has 0 saturated heterocycles. The van der Waals surface area contributed by atoms with Gasteiger partial charge in [-0.2, -0.15) is 0 Å². The van der Waals surface area contributed by atoms with E-state index in [1.807, 2.05) is 24.3 Å². The second-order valence-corrected chi connectivity index (χ2v) is 5.48. The summed E-state index contributed by atoms with van der Waals surface area (Å²) in [5.41, 5.74) is 2.54. The Balaban J connectivity index is 1.82. The van der Waals surface area contributed by atoms with Gasteiger partial charge in [0.25, 0.3) is 0 Å². The summed E-state index contributed by atoms with van der Waals surface area (Å²) in [5.74, 6) is 0. The first-order valence-corrected chi connectivity index (χ1v) is 7.14. The standard InChI is InChI=1S/C16H17Cl2N/c1-12(14-4-8-16(18)9-5-14)19-11-10-13-2-6-15(17)7-3-13/h2-9,12,19H,10-11H2,1H3. The highest BCUT2D eigenvalue weighted by molar-refractivity contribution is 6.30. The summed E-state index contributed by atoms with van der Waals surface area (Å²) in [4.78, 5) is 0. The molecule has 0 spiro atoms. The average Bonchev–Trinajstić information content (AvgIpc) is 2.41. The number of benzene rings is 2. The molecule has 2 rings (SSSR count). The van der Waals surface area contributed by atoms with E-state index in [1.54, 1.807) is 0 Å². The third-order valence-corrected chi connectivity index (χ3v) is 3.65. The lowest BCUT2D eigenvalue weighted by atomic mass is 10.1. The Morgan fingerprint density at radius 1 is 0.895 bits per heavy atom. The molecule has 1 unspecified atom stereocenters. The molecule has 100 valence electrons. The van der Waals surface area contributed by atoms with E-state index in [-0.39, 0.29) is 0 Å². The maximum absolute atomic E-state index is 5.88. The maximum atomic E-state index is 5.88. The highest BCUT2D eigenvalue weighted by Gasteiger charge is 2.04. The van der Waals surface area contributed by atoms with Gasteiger partial charge in [-0.3, -0.25) is 0 Å². The largest absolute Gasteiger partial charge is 0.310 e. The zero-order valence-corrected chi connectivity index (χ0v) is 12.4. The molecule has 3 heteroatoms. The fraction of sp³-hybridized carbons (Fsp3) is 0.250. The van der Waals surface area contributed by atoms with Crippen LogP contribution < -0.4 is 5.32 Å². The zero-order chi connectivity index (χ0) is 13.7. The van der Waals surface area contributed by atoms with Crippen LogP contribution in [0.5, 0.6) is 0 Å². The molecule has 19 heavy (non-hydrogen) atoms. The number of hydrogen-bond acceptors (Lipinski definition) is 1. The Hall–Kier alpha value is -1.02. The van der Waals surface area contributed by atoms with E-state index in [0.29, 0.717) is 6.04 Å². The Kier molecular flexibility index (Phi) is 5.26. The van der Waals surface area contributed by atoms with Crippen molar-refractivity contribution in [2.45, 2.75) is 19.4 Å². The third-order valence-electron chi connectivity index (χ3n) is 3.15.